The van der Waals surface area contributed by atoms with Gasteiger partial charge in [-0.2, -0.15) is 0 Å². The number of hydrogen-bond acceptors (Lipinski definition) is 4. The fraction of sp³-hybridized carbons (Fsp3) is 0.125. The maximum absolute atomic E-state index is 12.8. The zero-order valence-electron chi connectivity index (χ0n) is 12.3. The molecule has 2 N–H and O–H groups in total. The average Bonchev–Trinajstić information content (AvgIpc) is 2.96. The van der Waals surface area contributed by atoms with Crippen LogP contribution in [-0.2, 0) is 6.54 Å². The van der Waals surface area contributed by atoms with Crippen LogP contribution in [-0.4, -0.2) is 18.1 Å². The Kier molecular flexibility index (Phi) is 4.38. The van der Waals surface area contributed by atoms with Crippen LogP contribution in [0.3, 0.4) is 0 Å². The zero-order valence-corrected chi connectivity index (χ0v) is 13.1. The summed E-state index contributed by atoms with van der Waals surface area (Å²) < 4.78 is 19.0. The van der Waals surface area contributed by atoms with E-state index in [0.717, 1.165) is 10.3 Å². The molecule has 5 nitrogen and oxygen atoms in total. The Balaban J connectivity index is 1.64. The SMILES string of the molecule is COc1cccc2sc(NC(=O)NCc3ccc(F)cc3)nc12. The molecule has 2 aromatic carbocycles. The third kappa shape index (κ3) is 3.57. The van der Waals surface area contributed by atoms with E-state index in [1.165, 1.54) is 23.5 Å². The molecule has 3 rings (SSSR count). The number of nitrogens with one attached hydrogen (secondary N) is 2. The van der Waals surface area contributed by atoms with Crippen LogP contribution in [0.1, 0.15) is 5.56 Å². The van der Waals surface area contributed by atoms with Gasteiger partial charge in [0, 0.05) is 6.54 Å². The second-order valence-electron chi connectivity index (χ2n) is 4.76. The van der Waals surface area contributed by atoms with Crippen LogP contribution in [0.5, 0.6) is 5.75 Å². The Hall–Kier alpha value is -2.67. The van der Waals surface area contributed by atoms with Gasteiger partial charge in [0.25, 0.3) is 0 Å². The molecule has 0 saturated heterocycles. The lowest BCUT2D eigenvalue weighted by Gasteiger charge is -2.05. The van der Waals surface area contributed by atoms with Gasteiger partial charge >= 0.3 is 6.03 Å². The third-order valence-corrected chi connectivity index (χ3v) is 4.12. The molecule has 0 unspecified atom stereocenters. The molecule has 3 aromatic rings. The monoisotopic (exact) mass is 331 g/mol. The molecule has 0 spiro atoms. The lowest BCUT2D eigenvalue weighted by atomic mass is 10.2. The molecule has 0 atom stereocenters. The largest absolute Gasteiger partial charge is 0.494 e. The highest BCUT2D eigenvalue weighted by molar-refractivity contribution is 7.22. The molecule has 0 aliphatic carbocycles. The van der Waals surface area contributed by atoms with E-state index in [9.17, 15) is 9.18 Å². The zero-order chi connectivity index (χ0) is 16.2. The lowest BCUT2D eigenvalue weighted by molar-refractivity contribution is 0.251. The fourth-order valence-corrected chi connectivity index (χ4v) is 2.95. The van der Waals surface area contributed by atoms with Gasteiger partial charge in [-0.1, -0.05) is 29.5 Å². The van der Waals surface area contributed by atoms with E-state index in [2.05, 4.69) is 15.6 Å². The summed E-state index contributed by atoms with van der Waals surface area (Å²) in [6, 6.07) is 11.2. The first-order chi connectivity index (χ1) is 11.2. The minimum absolute atomic E-state index is 0.304. The Labute approximate surface area is 136 Å². The summed E-state index contributed by atoms with van der Waals surface area (Å²) in [4.78, 5) is 16.3. The van der Waals surface area contributed by atoms with Gasteiger partial charge in [-0.05, 0) is 29.8 Å². The predicted octanol–water partition coefficient (Wildman–Crippen LogP) is 3.77. The normalized spacial score (nSPS) is 10.5. The minimum atomic E-state index is -0.368. The summed E-state index contributed by atoms with van der Waals surface area (Å²) in [7, 11) is 1.58. The number of halogens is 1. The van der Waals surface area contributed by atoms with Crippen molar-refractivity contribution in [1.82, 2.24) is 10.3 Å². The van der Waals surface area contributed by atoms with E-state index in [4.69, 9.17) is 4.74 Å². The highest BCUT2D eigenvalue weighted by Gasteiger charge is 2.10. The number of rotatable bonds is 4. The summed E-state index contributed by atoms with van der Waals surface area (Å²) in [5, 5.41) is 5.88. The standard InChI is InChI=1S/C16H14FN3O2S/c1-22-12-3-2-4-13-14(12)19-16(23-13)20-15(21)18-9-10-5-7-11(17)8-6-10/h2-8H,9H2,1H3,(H2,18,19,20,21). The number of benzene rings is 2. The van der Waals surface area contributed by atoms with Crippen molar-refractivity contribution >= 4 is 32.7 Å². The Bertz CT molecular complexity index is 833. The van der Waals surface area contributed by atoms with Crippen LogP contribution in [0.4, 0.5) is 14.3 Å². The molecule has 0 aliphatic rings. The molecule has 0 aliphatic heterocycles. The number of urea groups is 1. The van der Waals surface area contributed by atoms with E-state index < -0.39 is 0 Å². The molecule has 118 valence electrons. The molecule has 2 amide bonds. The number of ether oxygens (including phenoxy) is 1. The number of methoxy groups -OCH3 is 1. The van der Waals surface area contributed by atoms with Gasteiger partial charge in [0.15, 0.2) is 5.13 Å². The topological polar surface area (TPSA) is 63.2 Å². The molecule has 1 heterocycles. The summed E-state index contributed by atoms with van der Waals surface area (Å²) >= 11 is 1.37. The summed E-state index contributed by atoms with van der Waals surface area (Å²) in [6.45, 7) is 0.306. The quantitative estimate of drug-likeness (QED) is 0.765. The Morgan fingerprint density at radius 2 is 2.04 bits per heavy atom. The number of carbonyl (C=O) groups is 1. The van der Waals surface area contributed by atoms with Crippen molar-refractivity contribution in [3.63, 3.8) is 0 Å². The lowest BCUT2D eigenvalue weighted by Crippen LogP contribution is -2.28. The molecular weight excluding hydrogens is 317 g/mol. The van der Waals surface area contributed by atoms with Gasteiger partial charge in [-0.15, -0.1) is 0 Å². The minimum Gasteiger partial charge on any atom is -0.494 e. The summed E-state index contributed by atoms with van der Waals surface area (Å²) in [6.07, 6.45) is 0. The highest BCUT2D eigenvalue weighted by Crippen LogP contribution is 2.31. The van der Waals surface area contributed by atoms with Crippen molar-refractivity contribution in [3.05, 3.63) is 53.8 Å². The van der Waals surface area contributed by atoms with E-state index in [0.29, 0.717) is 22.9 Å². The van der Waals surface area contributed by atoms with Gasteiger partial charge in [0.2, 0.25) is 0 Å². The van der Waals surface area contributed by atoms with Gasteiger partial charge in [0.1, 0.15) is 17.1 Å². The molecule has 7 heteroatoms. The van der Waals surface area contributed by atoms with Crippen LogP contribution >= 0.6 is 11.3 Å². The number of amides is 2. The molecule has 0 radical (unpaired) electrons. The van der Waals surface area contributed by atoms with E-state index in [1.54, 1.807) is 19.2 Å². The molecular formula is C16H14FN3O2S. The number of thiazole rings is 1. The number of carbonyl (C=O) groups excluding carboxylic acids is 1. The van der Waals surface area contributed by atoms with Crippen LogP contribution in [0.25, 0.3) is 10.2 Å². The van der Waals surface area contributed by atoms with Crippen LogP contribution < -0.4 is 15.4 Å². The van der Waals surface area contributed by atoms with Crippen molar-refractivity contribution in [2.24, 2.45) is 0 Å². The van der Waals surface area contributed by atoms with Gasteiger partial charge < -0.3 is 10.1 Å². The third-order valence-electron chi connectivity index (χ3n) is 3.19. The fourth-order valence-electron chi connectivity index (χ4n) is 2.07. The van der Waals surface area contributed by atoms with Gasteiger partial charge in [0.05, 0.1) is 11.8 Å². The maximum Gasteiger partial charge on any atom is 0.321 e. The second-order valence-corrected chi connectivity index (χ2v) is 5.79. The smallest absolute Gasteiger partial charge is 0.321 e. The molecule has 23 heavy (non-hydrogen) atoms. The first-order valence-electron chi connectivity index (χ1n) is 6.88. The number of fused-ring (bicyclic) bond motifs is 1. The van der Waals surface area contributed by atoms with Crippen molar-refractivity contribution < 1.29 is 13.9 Å². The average molecular weight is 331 g/mol. The molecule has 0 fully saturated rings. The molecule has 0 bridgehead atoms. The maximum atomic E-state index is 12.8. The Morgan fingerprint density at radius 3 is 2.78 bits per heavy atom. The van der Waals surface area contributed by atoms with Crippen LogP contribution in [0.2, 0.25) is 0 Å². The van der Waals surface area contributed by atoms with Gasteiger partial charge in [-0.25, -0.2) is 14.2 Å². The summed E-state index contributed by atoms with van der Waals surface area (Å²) in [5.41, 5.74) is 1.53. The number of para-hydroxylation sites is 1. The Morgan fingerprint density at radius 1 is 1.26 bits per heavy atom. The first-order valence-corrected chi connectivity index (χ1v) is 7.70. The number of hydrogen-bond donors (Lipinski definition) is 2. The van der Waals surface area contributed by atoms with Crippen molar-refractivity contribution in [3.8, 4) is 5.75 Å². The second kappa shape index (κ2) is 6.62. The van der Waals surface area contributed by atoms with Crippen molar-refractivity contribution in [2.75, 3.05) is 12.4 Å². The van der Waals surface area contributed by atoms with Crippen molar-refractivity contribution in [2.45, 2.75) is 6.54 Å². The van der Waals surface area contributed by atoms with Gasteiger partial charge in [-0.3, -0.25) is 5.32 Å². The van der Waals surface area contributed by atoms with Crippen LogP contribution in [0.15, 0.2) is 42.5 Å². The van der Waals surface area contributed by atoms with Crippen molar-refractivity contribution in [1.29, 1.82) is 0 Å². The van der Waals surface area contributed by atoms with E-state index in [-0.39, 0.29) is 11.8 Å². The first kappa shape index (κ1) is 15.2. The highest BCUT2D eigenvalue weighted by atomic mass is 32.1. The van der Waals surface area contributed by atoms with E-state index in [1.807, 2.05) is 18.2 Å². The number of anilines is 1. The number of nitrogens with zero attached hydrogens (tertiary/aromatic N) is 1. The van der Waals surface area contributed by atoms with Crippen LogP contribution in [0, 0.1) is 5.82 Å². The number of aromatic nitrogens is 1. The summed E-state index contributed by atoms with van der Waals surface area (Å²) in [5.74, 6) is 0.361. The predicted molar refractivity (Wildman–Crippen MR) is 88.4 cm³/mol. The molecule has 1 aromatic heterocycles. The molecule has 0 saturated carbocycles. The van der Waals surface area contributed by atoms with E-state index >= 15 is 0 Å².